The molecular weight excluding hydrogens is 308 g/mol. The van der Waals surface area contributed by atoms with Gasteiger partial charge in [0.15, 0.2) is 0 Å². The SMILES string of the molecule is Cc1nc(C(=O)N[C@@H](C)c2ccc(OC(F)F)cc2)cc(=O)[nH]1. The maximum absolute atomic E-state index is 12.1. The molecule has 1 amide bonds. The summed E-state index contributed by atoms with van der Waals surface area (Å²) in [6, 6.07) is 6.62. The molecule has 0 fully saturated rings. The number of benzene rings is 1. The number of hydrogen-bond acceptors (Lipinski definition) is 4. The molecule has 0 aliphatic rings. The summed E-state index contributed by atoms with van der Waals surface area (Å²) >= 11 is 0. The molecule has 122 valence electrons. The Hall–Kier alpha value is -2.77. The minimum Gasteiger partial charge on any atom is -0.435 e. The highest BCUT2D eigenvalue weighted by molar-refractivity contribution is 5.92. The van der Waals surface area contributed by atoms with Gasteiger partial charge in [0.2, 0.25) is 0 Å². The molecule has 1 atom stereocenters. The van der Waals surface area contributed by atoms with Crippen molar-refractivity contribution in [3.05, 3.63) is 57.8 Å². The Kier molecular flexibility index (Phi) is 5.05. The van der Waals surface area contributed by atoms with Crippen LogP contribution in [0.15, 0.2) is 35.1 Å². The smallest absolute Gasteiger partial charge is 0.387 e. The summed E-state index contributed by atoms with van der Waals surface area (Å²) in [4.78, 5) is 29.8. The highest BCUT2D eigenvalue weighted by Gasteiger charge is 2.14. The summed E-state index contributed by atoms with van der Waals surface area (Å²) in [7, 11) is 0. The molecule has 1 aromatic heterocycles. The molecule has 23 heavy (non-hydrogen) atoms. The third kappa shape index (κ3) is 4.60. The second-order valence-electron chi connectivity index (χ2n) is 4.86. The Morgan fingerprint density at radius 2 is 1.96 bits per heavy atom. The molecule has 0 saturated heterocycles. The lowest BCUT2D eigenvalue weighted by Crippen LogP contribution is -2.29. The van der Waals surface area contributed by atoms with E-state index in [1.807, 2.05) is 0 Å². The number of aromatic amines is 1. The van der Waals surface area contributed by atoms with Gasteiger partial charge in [0.05, 0.1) is 6.04 Å². The Bertz CT molecular complexity index is 744. The average Bonchev–Trinajstić information content (AvgIpc) is 2.46. The van der Waals surface area contributed by atoms with Crippen molar-refractivity contribution in [2.45, 2.75) is 26.5 Å². The van der Waals surface area contributed by atoms with Gasteiger partial charge in [-0.1, -0.05) is 12.1 Å². The van der Waals surface area contributed by atoms with E-state index in [2.05, 4.69) is 20.0 Å². The first-order valence-corrected chi connectivity index (χ1v) is 6.79. The summed E-state index contributed by atoms with van der Waals surface area (Å²) in [6.45, 7) is 0.410. The van der Waals surface area contributed by atoms with Crippen LogP contribution >= 0.6 is 0 Å². The van der Waals surface area contributed by atoms with E-state index in [9.17, 15) is 18.4 Å². The molecule has 0 bridgehead atoms. The number of aromatic nitrogens is 2. The number of carbonyl (C=O) groups is 1. The summed E-state index contributed by atoms with van der Waals surface area (Å²) < 4.78 is 28.4. The molecule has 0 unspecified atom stereocenters. The van der Waals surface area contributed by atoms with E-state index in [1.54, 1.807) is 26.0 Å². The number of carbonyl (C=O) groups excluding carboxylic acids is 1. The number of alkyl halides is 2. The average molecular weight is 323 g/mol. The normalized spacial score (nSPS) is 12.0. The number of amides is 1. The number of hydrogen-bond donors (Lipinski definition) is 2. The van der Waals surface area contributed by atoms with E-state index in [4.69, 9.17) is 0 Å². The number of ether oxygens (including phenoxy) is 1. The van der Waals surface area contributed by atoms with Crippen LogP contribution in [0, 0.1) is 6.92 Å². The van der Waals surface area contributed by atoms with Crippen LogP contribution in [0.5, 0.6) is 5.75 Å². The van der Waals surface area contributed by atoms with E-state index >= 15 is 0 Å². The lowest BCUT2D eigenvalue weighted by atomic mass is 10.1. The first-order chi connectivity index (χ1) is 10.8. The Balaban J connectivity index is 2.07. The molecule has 0 saturated carbocycles. The van der Waals surface area contributed by atoms with Crippen molar-refractivity contribution >= 4 is 5.91 Å². The molecule has 8 heteroatoms. The molecule has 0 radical (unpaired) electrons. The fourth-order valence-electron chi connectivity index (χ4n) is 1.99. The van der Waals surface area contributed by atoms with Crippen molar-refractivity contribution in [2.75, 3.05) is 0 Å². The largest absolute Gasteiger partial charge is 0.435 e. The van der Waals surface area contributed by atoms with Crippen LogP contribution in [0.4, 0.5) is 8.78 Å². The number of nitrogens with one attached hydrogen (secondary N) is 2. The fraction of sp³-hybridized carbons (Fsp3) is 0.267. The van der Waals surface area contributed by atoms with Gasteiger partial charge in [-0.05, 0) is 31.5 Å². The van der Waals surface area contributed by atoms with Gasteiger partial charge in [-0.25, -0.2) is 4.98 Å². The van der Waals surface area contributed by atoms with Crippen LogP contribution < -0.4 is 15.6 Å². The second-order valence-corrected chi connectivity index (χ2v) is 4.86. The number of halogens is 2. The number of H-pyrrole nitrogens is 1. The summed E-state index contributed by atoms with van der Waals surface area (Å²) in [6.07, 6.45) is 0. The van der Waals surface area contributed by atoms with Crippen molar-refractivity contribution in [3.8, 4) is 5.75 Å². The van der Waals surface area contributed by atoms with Gasteiger partial charge >= 0.3 is 6.61 Å². The summed E-state index contributed by atoms with van der Waals surface area (Å²) in [5.74, 6) is -0.127. The van der Waals surface area contributed by atoms with Crippen molar-refractivity contribution < 1.29 is 18.3 Å². The zero-order valence-corrected chi connectivity index (χ0v) is 12.5. The Morgan fingerprint density at radius 1 is 1.30 bits per heavy atom. The van der Waals surface area contributed by atoms with Gasteiger partial charge in [0.1, 0.15) is 17.3 Å². The minimum absolute atomic E-state index is 0.00996. The topological polar surface area (TPSA) is 84.1 Å². The van der Waals surface area contributed by atoms with Gasteiger partial charge in [-0.2, -0.15) is 8.78 Å². The molecule has 2 aromatic rings. The van der Waals surface area contributed by atoms with Crippen molar-refractivity contribution in [1.82, 2.24) is 15.3 Å². The highest BCUT2D eigenvalue weighted by atomic mass is 19.3. The number of aryl methyl sites for hydroxylation is 1. The van der Waals surface area contributed by atoms with Gasteiger partial charge in [-0.15, -0.1) is 0 Å². The van der Waals surface area contributed by atoms with E-state index in [0.717, 1.165) is 6.07 Å². The fourth-order valence-corrected chi connectivity index (χ4v) is 1.99. The Morgan fingerprint density at radius 3 is 2.52 bits per heavy atom. The van der Waals surface area contributed by atoms with Crippen LogP contribution in [0.2, 0.25) is 0 Å². The summed E-state index contributed by atoms with van der Waals surface area (Å²) in [5.41, 5.74) is 0.293. The molecule has 0 aliphatic heterocycles. The highest BCUT2D eigenvalue weighted by Crippen LogP contribution is 2.19. The zero-order chi connectivity index (χ0) is 17.0. The van der Waals surface area contributed by atoms with E-state index < -0.39 is 24.1 Å². The molecule has 1 heterocycles. The van der Waals surface area contributed by atoms with Crippen LogP contribution in [-0.4, -0.2) is 22.5 Å². The van der Waals surface area contributed by atoms with Gasteiger partial charge < -0.3 is 15.0 Å². The molecule has 0 aliphatic carbocycles. The first kappa shape index (κ1) is 16.6. The van der Waals surface area contributed by atoms with E-state index in [0.29, 0.717) is 11.4 Å². The third-order valence-corrected chi connectivity index (χ3v) is 3.05. The predicted molar refractivity (Wildman–Crippen MR) is 78.5 cm³/mol. The molecule has 1 aromatic carbocycles. The van der Waals surface area contributed by atoms with E-state index in [-0.39, 0.29) is 11.4 Å². The minimum atomic E-state index is -2.89. The van der Waals surface area contributed by atoms with Gasteiger partial charge in [-0.3, -0.25) is 9.59 Å². The van der Waals surface area contributed by atoms with Crippen molar-refractivity contribution in [1.29, 1.82) is 0 Å². The maximum Gasteiger partial charge on any atom is 0.387 e. The van der Waals surface area contributed by atoms with E-state index in [1.165, 1.54) is 12.1 Å². The molecule has 0 spiro atoms. The standard InChI is InChI=1S/C15H15F2N3O3/c1-8(10-3-5-11(6-4-10)23-15(16)17)18-14(22)12-7-13(21)20-9(2)19-12/h3-8,15H,1-2H3,(H,18,22)(H,19,20,21)/t8-/m0/s1. The molecule has 2 rings (SSSR count). The van der Waals surface area contributed by atoms with Crippen LogP contribution in [-0.2, 0) is 0 Å². The third-order valence-electron chi connectivity index (χ3n) is 3.05. The Labute approximate surface area is 130 Å². The summed E-state index contributed by atoms with van der Waals surface area (Å²) in [5, 5.41) is 2.68. The second kappa shape index (κ2) is 6.99. The monoisotopic (exact) mass is 323 g/mol. The maximum atomic E-state index is 12.1. The zero-order valence-electron chi connectivity index (χ0n) is 12.5. The van der Waals surface area contributed by atoms with Crippen molar-refractivity contribution in [3.63, 3.8) is 0 Å². The van der Waals surface area contributed by atoms with Crippen LogP contribution in [0.3, 0.4) is 0 Å². The molecule has 6 nitrogen and oxygen atoms in total. The van der Waals surface area contributed by atoms with Gasteiger partial charge in [0.25, 0.3) is 11.5 Å². The van der Waals surface area contributed by atoms with Gasteiger partial charge in [0, 0.05) is 6.07 Å². The lowest BCUT2D eigenvalue weighted by molar-refractivity contribution is -0.0498. The molecule has 2 N–H and O–H groups in total. The predicted octanol–water partition coefficient (Wildman–Crippen LogP) is 2.17. The van der Waals surface area contributed by atoms with Crippen LogP contribution in [0.25, 0.3) is 0 Å². The van der Waals surface area contributed by atoms with Crippen LogP contribution in [0.1, 0.15) is 34.8 Å². The quantitative estimate of drug-likeness (QED) is 0.883. The first-order valence-electron chi connectivity index (χ1n) is 6.79. The number of nitrogens with zero attached hydrogens (tertiary/aromatic N) is 1. The molecular formula is C15H15F2N3O3. The number of rotatable bonds is 5. The van der Waals surface area contributed by atoms with Crippen molar-refractivity contribution in [2.24, 2.45) is 0 Å². The lowest BCUT2D eigenvalue weighted by Gasteiger charge is -2.14.